The minimum absolute atomic E-state index is 0.0262. The summed E-state index contributed by atoms with van der Waals surface area (Å²) in [6.45, 7) is 1.72. The van der Waals surface area contributed by atoms with Crippen molar-refractivity contribution in [1.29, 1.82) is 0 Å². The molecular weight excluding hydrogens is 313 g/mol. The van der Waals surface area contributed by atoms with Crippen molar-refractivity contribution >= 4 is 34.5 Å². The first-order valence-electron chi connectivity index (χ1n) is 5.37. The minimum Gasteiger partial charge on any atom is -0.319 e. The zero-order valence-corrected chi connectivity index (χ0v) is 11.7. The Balaban J connectivity index is 2.27. The first-order valence-corrected chi connectivity index (χ1v) is 6.63. The van der Waals surface area contributed by atoms with Gasteiger partial charge in [0.25, 0.3) is 5.91 Å². The van der Waals surface area contributed by atoms with Crippen molar-refractivity contribution in [3.05, 3.63) is 44.9 Å². The van der Waals surface area contributed by atoms with Gasteiger partial charge in [0.05, 0.1) is 21.3 Å². The molecule has 0 saturated carbocycles. The van der Waals surface area contributed by atoms with Gasteiger partial charge in [-0.2, -0.15) is 13.2 Å². The number of hydrogen-bond donors (Lipinski definition) is 1. The topological polar surface area (TPSA) is 42.0 Å². The van der Waals surface area contributed by atoms with Crippen molar-refractivity contribution in [2.75, 3.05) is 5.32 Å². The molecule has 1 N–H and O–H groups in total. The number of rotatable bonds is 2. The van der Waals surface area contributed by atoms with E-state index in [2.05, 4.69) is 10.3 Å². The van der Waals surface area contributed by atoms with Crippen LogP contribution in [-0.4, -0.2) is 10.9 Å². The third-order valence-electron chi connectivity index (χ3n) is 2.39. The molecule has 1 aromatic heterocycles. The average Bonchev–Trinajstić information content (AvgIpc) is 2.77. The number of carbonyl (C=O) groups is 1. The average molecular weight is 321 g/mol. The molecular formula is C12H8ClF3N2OS. The molecule has 20 heavy (non-hydrogen) atoms. The van der Waals surface area contributed by atoms with Crippen molar-refractivity contribution in [3.8, 4) is 0 Å². The Morgan fingerprint density at radius 1 is 1.40 bits per heavy atom. The SMILES string of the molecule is Cc1nc(C(=O)Nc2cc(C(F)(F)F)ccc2Cl)cs1. The van der Waals surface area contributed by atoms with Crippen LogP contribution in [0, 0.1) is 6.92 Å². The Hall–Kier alpha value is -1.60. The minimum atomic E-state index is -4.50. The van der Waals surface area contributed by atoms with E-state index in [0.717, 1.165) is 18.2 Å². The Morgan fingerprint density at radius 2 is 2.10 bits per heavy atom. The van der Waals surface area contributed by atoms with Gasteiger partial charge in [-0.25, -0.2) is 4.98 Å². The van der Waals surface area contributed by atoms with E-state index in [0.29, 0.717) is 5.01 Å². The quantitative estimate of drug-likeness (QED) is 0.892. The van der Waals surface area contributed by atoms with E-state index in [1.54, 1.807) is 6.92 Å². The molecule has 8 heteroatoms. The fourth-order valence-electron chi connectivity index (χ4n) is 1.45. The van der Waals surface area contributed by atoms with Crippen LogP contribution >= 0.6 is 22.9 Å². The lowest BCUT2D eigenvalue weighted by molar-refractivity contribution is -0.137. The summed E-state index contributed by atoms with van der Waals surface area (Å²) in [4.78, 5) is 15.8. The van der Waals surface area contributed by atoms with Crippen LogP contribution in [0.25, 0.3) is 0 Å². The Bertz CT molecular complexity index is 654. The molecule has 0 saturated heterocycles. The van der Waals surface area contributed by atoms with Crippen molar-refractivity contribution < 1.29 is 18.0 Å². The van der Waals surface area contributed by atoms with Crippen molar-refractivity contribution in [2.45, 2.75) is 13.1 Å². The Labute approximate surface area is 121 Å². The number of alkyl halides is 3. The number of hydrogen-bond acceptors (Lipinski definition) is 3. The number of halogens is 4. The third-order valence-corrected chi connectivity index (χ3v) is 3.50. The van der Waals surface area contributed by atoms with Crippen LogP contribution in [0.4, 0.5) is 18.9 Å². The highest BCUT2D eigenvalue weighted by Gasteiger charge is 2.31. The third kappa shape index (κ3) is 3.29. The van der Waals surface area contributed by atoms with E-state index < -0.39 is 17.6 Å². The molecule has 3 nitrogen and oxygen atoms in total. The van der Waals surface area contributed by atoms with Crippen molar-refractivity contribution in [2.24, 2.45) is 0 Å². The predicted molar refractivity (Wildman–Crippen MR) is 71.3 cm³/mol. The van der Waals surface area contributed by atoms with Crippen LogP contribution in [0.2, 0.25) is 5.02 Å². The molecule has 0 radical (unpaired) electrons. The highest BCUT2D eigenvalue weighted by molar-refractivity contribution is 7.09. The molecule has 0 aliphatic rings. The van der Waals surface area contributed by atoms with Gasteiger partial charge in [-0.1, -0.05) is 11.6 Å². The maximum atomic E-state index is 12.6. The number of aromatic nitrogens is 1. The Morgan fingerprint density at radius 3 is 2.65 bits per heavy atom. The summed E-state index contributed by atoms with van der Waals surface area (Å²) < 4.78 is 37.8. The summed E-state index contributed by atoms with van der Waals surface area (Å²) in [5.41, 5.74) is -0.843. The smallest absolute Gasteiger partial charge is 0.319 e. The van der Waals surface area contributed by atoms with Crippen molar-refractivity contribution in [1.82, 2.24) is 4.98 Å². The maximum absolute atomic E-state index is 12.6. The monoisotopic (exact) mass is 320 g/mol. The second kappa shape index (κ2) is 5.41. The van der Waals surface area contributed by atoms with Gasteiger partial charge >= 0.3 is 6.18 Å². The number of aryl methyl sites for hydroxylation is 1. The van der Waals surface area contributed by atoms with E-state index in [9.17, 15) is 18.0 Å². The number of amides is 1. The number of nitrogens with zero attached hydrogens (tertiary/aromatic N) is 1. The van der Waals surface area contributed by atoms with Gasteiger partial charge < -0.3 is 5.32 Å². The van der Waals surface area contributed by atoms with Crippen LogP contribution in [0.5, 0.6) is 0 Å². The van der Waals surface area contributed by atoms with Gasteiger partial charge in [0.2, 0.25) is 0 Å². The summed E-state index contributed by atoms with van der Waals surface area (Å²) in [6, 6.07) is 2.73. The van der Waals surface area contributed by atoms with Crippen LogP contribution in [-0.2, 0) is 6.18 Å². The summed E-state index contributed by atoms with van der Waals surface area (Å²) in [7, 11) is 0. The van der Waals surface area contributed by atoms with Gasteiger partial charge in [0, 0.05) is 5.38 Å². The summed E-state index contributed by atoms with van der Waals surface area (Å²) in [5.74, 6) is -0.601. The van der Waals surface area contributed by atoms with Gasteiger partial charge in [-0.05, 0) is 25.1 Å². The normalized spacial score (nSPS) is 11.4. The molecule has 2 aromatic rings. The summed E-state index contributed by atoms with van der Waals surface area (Å²) in [6.07, 6.45) is -4.50. The largest absolute Gasteiger partial charge is 0.416 e. The van der Waals surface area contributed by atoms with Gasteiger partial charge in [-0.3, -0.25) is 4.79 Å². The number of carbonyl (C=O) groups excluding carboxylic acids is 1. The molecule has 0 aliphatic heterocycles. The molecule has 0 unspecified atom stereocenters. The van der Waals surface area contributed by atoms with Gasteiger partial charge in [0.1, 0.15) is 5.69 Å². The molecule has 106 valence electrons. The lowest BCUT2D eigenvalue weighted by Gasteiger charge is -2.11. The molecule has 2 rings (SSSR count). The lowest BCUT2D eigenvalue weighted by atomic mass is 10.2. The molecule has 0 fully saturated rings. The number of nitrogens with one attached hydrogen (secondary N) is 1. The van der Waals surface area contributed by atoms with Crippen LogP contribution in [0.15, 0.2) is 23.6 Å². The van der Waals surface area contributed by atoms with Crippen LogP contribution in [0.3, 0.4) is 0 Å². The van der Waals surface area contributed by atoms with E-state index >= 15 is 0 Å². The highest BCUT2D eigenvalue weighted by atomic mass is 35.5. The molecule has 0 aliphatic carbocycles. The summed E-state index contributed by atoms with van der Waals surface area (Å²) in [5, 5.41) is 4.56. The van der Waals surface area contributed by atoms with E-state index in [4.69, 9.17) is 11.6 Å². The number of thiazole rings is 1. The molecule has 0 atom stereocenters. The second-order valence-electron chi connectivity index (χ2n) is 3.90. The molecule has 1 heterocycles. The highest BCUT2D eigenvalue weighted by Crippen LogP contribution is 2.33. The number of benzene rings is 1. The second-order valence-corrected chi connectivity index (χ2v) is 5.37. The van der Waals surface area contributed by atoms with E-state index in [-0.39, 0.29) is 16.4 Å². The summed E-state index contributed by atoms with van der Waals surface area (Å²) >= 11 is 7.05. The number of anilines is 1. The van der Waals surface area contributed by atoms with E-state index in [1.807, 2.05) is 0 Å². The van der Waals surface area contributed by atoms with Crippen molar-refractivity contribution in [3.63, 3.8) is 0 Å². The molecule has 0 spiro atoms. The van der Waals surface area contributed by atoms with Crippen LogP contribution < -0.4 is 5.32 Å². The molecule has 1 aromatic carbocycles. The lowest BCUT2D eigenvalue weighted by Crippen LogP contribution is -2.14. The first-order chi connectivity index (χ1) is 9.27. The maximum Gasteiger partial charge on any atom is 0.416 e. The predicted octanol–water partition coefficient (Wildman–Crippen LogP) is 4.38. The zero-order chi connectivity index (χ0) is 14.9. The van der Waals surface area contributed by atoms with Gasteiger partial charge in [-0.15, -0.1) is 11.3 Å². The fourth-order valence-corrected chi connectivity index (χ4v) is 2.21. The molecule has 1 amide bonds. The van der Waals surface area contributed by atoms with Gasteiger partial charge in [0.15, 0.2) is 0 Å². The fraction of sp³-hybridized carbons (Fsp3) is 0.167. The first kappa shape index (κ1) is 14.8. The van der Waals surface area contributed by atoms with Crippen LogP contribution in [0.1, 0.15) is 21.1 Å². The standard InChI is InChI=1S/C12H8ClF3N2OS/c1-6-17-10(5-20-6)11(19)18-9-4-7(12(14,15)16)2-3-8(9)13/h2-5H,1H3,(H,18,19). The van der Waals surface area contributed by atoms with E-state index in [1.165, 1.54) is 16.7 Å². The molecule has 0 bridgehead atoms. The zero-order valence-electron chi connectivity index (χ0n) is 10.1. The Kier molecular flexibility index (Phi) is 4.01.